The molecule has 1 aliphatic heterocycles. The van der Waals surface area contributed by atoms with Gasteiger partial charge < -0.3 is 9.80 Å². The third kappa shape index (κ3) is 4.40. The first-order valence-electron chi connectivity index (χ1n) is 10.9. The van der Waals surface area contributed by atoms with E-state index >= 15 is 0 Å². The van der Waals surface area contributed by atoms with E-state index in [2.05, 4.69) is 18.7 Å². The van der Waals surface area contributed by atoms with Gasteiger partial charge in [-0.1, -0.05) is 31.0 Å². The van der Waals surface area contributed by atoms with E-state index in [0.29, 0.717) is 19.0 Å². The molecular weight excluding hydrogens is 350 g/mol. The maximum absolute atomic E-state index is 13.3. The average molecular weight is 386 g/mol. The maximum atomic E-state index is 13.3. The molecule has 0 unspecified atom stereocenters. The van der Waals surface area contributed by atoms with Crippen LogP contribution in [0.25, 0.3) is 0 Å². The summed E-state index contributed by atoms with van der Waals surface area (Å²) in [7, 11) is 0. The van der Waals surface area contributed by atoms with Crippen molar-refractivity contribution in [1.82, 2.24) is 14.7 Å². The molecule has 0 spiro atoms. The quantitative estimate of drug-likeness (QED) is 0.755. The molecular formula is C23H35N3O2. The van der Waals surface area contributed by atoms with Gasteiger partial charge in [0.25, 0.3) is 5.91 Å². The lowest BCUT2D eigenvalue weighted by atomic mass is 9.94. The minimum Gasteiger partial charge on any atom is -0.342 e. The SMILES string of the molecule is CCN(CC)C(=O)[C@@H](C1CCCC1)N1CCN(C(=O)c2ccccc2C)CC1. The molecule has 0 aromatic heterocycles. The second kappa shape index (κ2) is 9.55. The fraction of sp³-hybridized carbons (Fsp3) is 0.652. The van der Waals surface area contributed by atoms with Crippen LogP contribution in [0.4, 0.5) is 0 Å². The highest BCUT2D eigenvalue weighted by molar-refractivity contribution is 5.95. The number of carbonyl (C=O) groups is 2. The Balaban J connectivity index is 1.69. The molecule has 154 valence electrons. The van der Waals surface area contributed by atoms with E-state index in [1.54, 1.807) is 0 Å². The summed E-state index contributed by atoms with van der Waals surface area (Å²) in [5.41, 5.74) is 1.82. The standard InChI is InChI=1S/C23H35N3O2/c1-4-24(5-2)23(28)21(19-11-7-8-12-19)25-14-16-26(17-15-25)22(27)20-13-9-6-10-18(20)3/h6,9-10,13,19,21H,4-5,7-8,11-12,14-17H2,1-3H3/t21-/m1/s1. The number of hydrogen-bond acceptors (Lipinski definition) is 3. The van der Waals surface area contributed by atoms with Crippen LogP contribution in [0.2, 0.25) is 0 Å². The van der Waals surface area contributed by atoms with Crippen LogP contribution in [0.15, 0.2) is 24.3 Å². The summed E-state index contributed by atoms with van der Waals surface area (Å²) in [5, 5.41) is 0. The number of hydrogen-bond donors (Lipinski definition) is 0. The molecule has 2 amide bonds. The van der Waals surface area contributed by atoms with Crippen LogP contribution in [0.3, 0.4) is 0 Å². The Morgan fingerprint density at radius 3 is 2.21 bits per heavy atom. The number of carbonyl (C=O) groups excluding carboxylic acids is 2. The first-order chi connectivity index (χ1) is 13.6. The van der Waals surface area contributed by atoms with Gasteiger partial charge in [-0.2, -0.15) is 0 Å². The molecule has 1 saturated carbocycles. The Bertz CT molecular complexity index is 672. The molecule has 0 bridgehead atoms. The van der Waals surface area contributed by atoms with Gasteiger partial charge in [0.05, 0.1) is 6.04 Å². The van der Waals surface area contributed by atoms with Gasteiger partial charge in [-0.15, -0.1) is 0 Å². The molecule has 1 saturated heterocycles. The van der Waals surface area contributed by atoms with Crippen molar-refractivity contribution in [3.8, 4) is 0 Å². The second-order valence-corrected chi connectivity index (χ2v) is 8.14. The molecule has 1 atom stereocenters. The van der Waals surface area contributed by atoms with Crippen molar-refractivity contribution in [1.29, 1.82) is 0 Å². The third-order valence-corrected chi connectivity index (χ3v) is 6.54. The number of amides is 2. The van der Waals surface area contributed by atoms with Crippen molar-refractivity contribution in [2.75, 3.05) is 39.3 Å². The van der Waals surface area contributed by atoms with Crippen LogP contribution >= 0.6 is 0 Å². The second-order valence-electron chi connectivity index (χ2n) is 8.14. The third-order valence-electron chi connectivity index (χ3n) is 6.54. The van der Waals surface area contributed by atoms with Crippen LogP contribution in [0.5, 0.6) is 0 Å². The van der Waals surface area contributed by atoms with Gasteiger partial charge in [0.15, 0.2) is 0 Å². The van der Waals surface area contributed by atoms with E-state index < -0.39 is 0 Å². The zero-order chi connectivity index (χ0) is 20.1. The molecule has 28 heavy (non-hydrogen) atoms. The topological polar surface area (TPSA) is 43.9 Å². The summed E-state index contributed by atoms with van der Waals surface area (Å²) >= 11 is 0. The minimum absolute atomic E-state index is 0.0156. The predicted molar refractivity (Wildman–Crippen MR) is 112 cm³/mol. The number of aryl methyl sites for hydroxylation is 1. The molecule has 5 nitrogen and oxygen atoms in total. The van der Waals surface area contributed by atoms with E-state index in [1.165, 1.54) is 12.8 Å². The maximum Gasteiger partial charge on any atom is 0.254 e. The predicted octanol–water partition coefficient (Wildman–Crippen LogP) is 3.18. The van der Waals surface area contributed by atoms with Crippen molar-refractivity contribution in [2.45, 2.75) is 52.5 Å². The molecule has 1 heterocycles. The molecule has 0 N–H and O–H groups in total. The Morgan fingerprint density at radius 2 is 1.64 bits per heavy atom. The number of piperazine rings is 1. The Kier molecular flexibility index (Phi) is 7.11. The van der Waals surface area contributed by atoms with Crippen molar-refractivity contribution >= 4 is 11.8 Å². The fourth-order valence-corrected chi connectivity index (χ4v) is 4.84. The summed E-state index contributed by atoms with van der Waals surface area (Å²) in [6.45, 7) is 10.6. The number of likely N-dealkylation sites (N-methyl/N-ethyl adjacent to an activating group) is 1. The van der Waals surface area contributed by atoms with E-state index in [0.717, 1.165) is 50.1 Å². The Morgan fingerprint density at radius 1 is 1.04 bits per heavy atom. The fourth-order valence-electron chi connectivity index (χ4n) is 4.84. The van der Waals surface area contributed by atoms with Gasteiger partial charge in [-0.25, -0.2) is 0 Å². The van der Waals surface area contributed by atoms with Gasteiger partial charge >= 0.3 is 0 Å². The lowest BCUT2D eigenvalue weighted by Gasteiger charge is -2.42. The molecule has 1 aliphatic carbocycles. The van der Waals surface area contributed by atoms with Gasteiger partial charge in [-0.3, -0.25) is 14.5 Å². The van der Waals surface area contributed by atoms with Crippen LogP contribution in [0.1, 0.15) is 55.5 Å². The van der Waals surface area contributed by atoms with E-state index in [9.17, 15) is 9.59 Å². The van der Waals surface area contributed by atoms with Gasteiger partial charge in [-0.05, 0) is 51.2 Å². The highest BCUT2D eigenvalue weighted by atomic mass is 16.2. The van der Waals surface area contributed by atoms with Crippen molar-refractivity contribution < 1.29 is 9.59 Å². The monoisotopic (exact) mass is 385 g/mol. The normalized spacial score (nSPS) is 19.6. The lowest BCUT2D eigenvalue weighted by Crippen LogP contribution is -2.58. The lowest BCUT2D eigenvalue weighted by molar-refractivity contribution is -0.139. The highest BCUT2D eigenvalue weighted by Gasteiger charge is 2.38. The molecule has 1 aromatic carbocycles. The van der Waals surface area contributed by atoms with E-state index in [1.807, 2.05) is 41.0 Å². The molecule has 2 aliphatic rings. The van der Waals surface area contributed by atoms with Crippen LogP contribution in [0, 0.1) is 12.8 Å². The Hall–Kier alpha value is -1.88. The smallest absolute Gasteiger partial charge is 0.254 e. The molecule has 5 heteroatoms. The summed E-state index contributed by atoms with van der Waals surface area (Å²) in [5.74, 6) is 0.868. The van der Waals surface area contributed by atoms with Crippen LogP contribution < -0.4 is 0 Å². The number of nitrogens with zero attached hydrogens (tertiary/aromatic N) is 3. The van der Waals surface area contributed by atoms with Gasteiger partial charge in [0.1, 0.15) is 0 Å². The molecule has 0 radical (unpaired) electrons. The number of rotatable bonds is 6. The van der Waals surface area contributed by atoms with Crippen LogP contribution in [-0.2, 0) is 4.79 Å². The van der Waals surface area contributed by atoms with Gasteiger partial charge in [0.2, 0.25) is 5.91 Å². The summed E-state index contributed by atoms with van der Waals surface area (Å²) in [6, 6.07) is 7.78. The number of benzene rings is 1. The summed E-state index contributed by atoms with van der Waals surface area (Å²) in [4.78, 5) is 32.5. The Labute approximate surface area is 169 Å². The first kappa shape index (κ1) is 20.8. The van der Waals surface area contributed by atoms with E-state index in [4.69, 9.17) is 0 Å². The van der Waals surface area contributed by atoms with E-state index in [-0.39, 0.29) is 17.9 Å². The first-order valence-corrected chi connectivity index (χ1v) is 10.9. The zero-order valence-corrected chi connectivity index (χ0v) is 17.7. The highest BCUT2D eigenvalue weighted by Crippen LogP contribution is 2.32. The molecule has 2 fully saturated rings. The van der Waals surface area contributed by atoms with Crippen LogP contribution in [-0.4, -0.2) is 71.8 Å². The van der Waals surface area contributed by atoms with Crippen molar-refractivity contribution in [3.63, 3.8) is 0 Å². The summed E-state index contributed by atoms with van der Waals surface area (Å²) in [6.07, 6.45) is 4.77. The molecule has 3 rings (SSSR count). The minimum atomic E-state index is -0.0156. The van der Waals surface area contributed by atoms with Gasteiger partial charge in [0, 0.05) is 44.8 Å². The van der Waals surface area contributed by atoms with Crippen molar-refractivity contribution in [2.24, 2.45) is 5.92 Å². The largest absolute Gasteiger partial charge is 0.342 e. The summed E-state index contributed by atoms with van der Waals surface area (Å²) < 4.78 is 0. The van der Waals surface area contributed by atoms with Crippen molar-refractivity contribution in [3.05, 3.63) is 35.4 Å². The zero-order valence-electron chi connectivity index (χ0n) is 17.7. The molecule has 1 aromatic rings. The average Bonchev–Trinajstić information content (AvgIpc) is 3.24.